The average Bonchev–Trinajstić information content (AvgIpc) is 3.50. The monoisotopic (exact) mass is 571 g/mol. The second-order valence-corrected chi connectivity index (χ2v) is 10.8. The smallest absolute Gasteiger partial charge is 0.238 e. The van der Waals surface area contributed by atoms with Gasteiger partial charge < -0.3 is 14.9 Å². The SMILES string of the molecule is COc1cc(F)c(F)c(Cc2ccc(I)cc2F)c1NS(=O)(=O)C1(C[C@@H](O)CO)CC1. The molecule has 170 valence electrons. The van der Waals surface area contributed by atoms with Crippen LogP contribution in [0.5, 0.6) is 5.75 Å². The van der Waals surface area contributed by atoms with E-state index >= 15 is 0 Å². The van der Waals surface area contributed by atoms with Gasteiger partial charge in [-0.1, -0.05) is 6.07 Å². The summed E-state index contributed by atoms with van der Waals surface area (Å²) in [7, 11) is -3.02. The molecule has 0 heterocycles. The molecule has 3 N–H and O–H groups in total. The molecule has 0 radical (unpaired) electrons. The number of halogens is 4. The maximum absolute atomic E-state index is 14.8. The quantitative estimate of drug-likeness (QED) is 0.402. The second kappa shape index (κ2) is 9.12. The van der Waals surface area contributed by atoms with Crippen LogP contribution in [0.25, 0.3) is 0 Å². The number of anilines is 1. The highest BCUT2D eigenvalue weighted by molar-refractivity contribution is 14.1. The number of sulfonamides is 1. The molecule has 1 aliphatic rings. The summed E-state index contributed by atoms with van der Waals surface area (Å²) in [5.41, 5.74) is -0.688. The number of aliphatic hydroxyl groups is 2. The molecule has 0 saturated heterocycles. The number of methoxy groups -OCH3 is 1. The lowest BCUT2D eigenvalue weighted by atomic mass is 10.0. The Morgan fingerprint density at radius 2 is 1.90 bits per heavy atom. The molecule has 0 aromatic heterocycles. The molecule has 1 aliphatic carbocycles. The van der Waals surface area contributed by atoms with Gasteiger partial charge in [0.2, 0.25) is 10.0 Å². The van der Waals surface area contributed by atoms with Crippen LogP contribution in [0.1, 0.15) is 30.4 Å². The Balaban J connectivity index is 2.06. The summed E-state index contributed by atoms with van der Waals surface area (Å²) >= 11 is 1.91. The van der Waals surface area contributed by atoms with Crippen LogP contribution in [0.4, 0.5) is 18.9 Å². The Hall–Kier alpha value is -1.57. The maximum atomic E-state index is 14.8. The van der Waals surface area contributed by atoms with Crippen molar-refractivity contribution < 1.29 is 36.5 Å². The Morgan fingerprint density at radius 1 is 1.23 bits per heavy atom. The van der Waals surface area contributed by atoms with Crippen molar-refractivity contribution >= 4 is 38.3 Å². The highest BCUT2D eigenvalue weighted by Gasteiger charge is 2.55. The van der Waals surface area contributed by atoms with E-state index < -0.39 is 56.9 Å². The molecule has 0 bridgehead atoms. The van der Waals surface area contributed by atoms with Crippen molar-refractivity contribution in [2.24, 2.45) is 0 Å². The zero-order chi connectivity index (χ0) is 23.0. The topological polar surface area (TPSA) is 95.9 Å². The van der Waals surface area contributed by atoms with Crippen LogP contribution in [-0.2, 0) is 16.4 Å². The first-order valence-corrected chi connectivity index (χ1v) is 11.9. The minimum absolute atomic E-state index is 0.0456. The van der Waals surface area contributed by atoms with Gasteiger partial charge in [-0.2, -0.15) is 0 Å². The van der Waals surface area contributed by atoms with Crippen molar-refractivity contribution in [2.75, 3.05) is 18.4 Å². The van der Waals surface area contributed by atoms with Crippen molar-refractivity contribution in [2.45, 2.75) is 36.5 Å². The lowest BCUT2D eigenvalue weighted by Gasteiger charge is -2.23. The average molecular weight is 571 g/mol. The number of rotatable bonds is 9. The van der Waals surface area contributed by atoms with Gasteiger partial charge in [-0.3, -0.25) is 4.72 Å². The fourth-order valence-electron chi connectivity index (χ4n) is 3.41. The van der Waals surface area contributed by atoms with Crippen molar-refractivity contribution in [3.8, 4) is 5.75 Å². The first kappa shape index (κ1) is 24.1. The zero-order valence-electron chi connectivity index (χ0n) is 16.5. The summed E-state index contributed by atoms with van der Waals surface area (Å²) in [5, 5.41) is 18.8. The summed E-state index contributed by atoms with van der Waals surface area (Å²) in [4.78, 5) is 0. The minimum Gasteiger partial charge on any atom is -0.494 e. The molecule has 0 unspecified atom stereocenters. The molecule has 0 amide bonds. The molecule has 1 saturated carbocycles. The van der Waals surface area contributed by atoms with Crippen molar-refractivity contribution in [1.82, 2.24) is 0 Å². The van der Waals surface area contributed by atoms with Gasteiger partial charge >= 0.3 is 0 Å². The molecule has 11 heteroatoms. The van der Waals surface area contributed by atoms with Crippen molar-refractivity contribution in [3.63, 3.8) is 0 Å². The van der Waals surface area contributed by atoms with Gasteiger partial charge in [0.1, 0.15) is 11.6 Å². The van der Waals surface area contributed by atoms with Gasteiger partial charge in [-0.25, -0.2) is 21.6 Å². The van der Waals surface area contributed by atoms with Gasteiger partial charge in [-0.15, -0.1) is 0 Å². The van der Waals surface area contributed by atoms with E-state index in [2.05, 4.69) is 4.72 Å². The van der Waals surface area contributed by atoms with E-state index in [0.29, 0.717) is 9.64 Å². The van der Waals surface area contributed by atoms with Crippen molar-refractivity contribution in [1.29, 1.82) is 0 Å². The molecular formula is C20H21F3INO5S. The molecule has 3 rings (SSSR count). The summed E-state index contributed by atoms with van der Waals surface area (Å²) in [6, 6.07) is 4.94. The second-order valence-electron chi connectivity index (χ2n) is 7.47. The Morgan fingerprint density at radius 3 is 2.45 bits per heavy atom. The van der Waals surface area contributed by atoms with Gasteiger partial charge in [0.05, 0.1) is 30.3 Å². The summed E-state index contributed by atoms with van der Waals surface area (Å²) in [5.74, 6) is -3.50. The van der Waals surface area contributed by atoms with Crippen LogP contribution in [0.15, 0.2) is 24.3 Å². The molecule has 0 aliphatic heterocycles. The highest BCUT2D eigenvalue weighted by Crippen LogP contribution is 2.49. The van der Waals surface area contributed by atoms with E-state index in [4.69, 9.17) is 9.84 Å². The summed E-state index contributed by atoms with van der Waals surface area (Å²) < 4.78 is 76.0. The number of hydrogen-bond donors (Lipinski definition) is 3. The molecule has 2 aromatic rings. The number of benzene rings is 2. The standard InChI is InChI=1S/C20H21F3INO5S/c1-30-17-8-16(22)18(23)14(6-11-2-3-12(24)7-15(11)21)19(17)25-31(28,29)20(4-5-20)9-13(27)10-26/h2-3,7-8,13,25-27H,4-6,9-10H2,1H3/t13-/m1/s1. The molecule has 6 nitrogen and oxygen atoms in total. The van der Waals surface area contributed by atoms with Gasteiger partial charge in [0, 0.05) is 21.6 Å². The molecule has 1 fully saturated rings. The zero-order valence-corrected chi connectivity index (χ0v) is 19.4. The third-order valence-electron chi connectivity index (χ3n) is 5.32. The highest BCUT2D eigenvalue weighted by atomic mass is 127. The maximum Gasteiger partial charge on any atom is 0.238 e. The number of nitrogens with one attached hydrogen (secondary N) is 1. The summed E-state index contributed by atoms with van der Waals surface area (Å²) in [6.45, 7) is -0.608. The van der Waals surface area contributed by atoms with Crippen LogP contribution in [0.2, 0.25) is 0 Å². The van der Waals surface area contributed by atoms with E-state index in [1.807, 2.05) is 22.6 Å². The van der Waals surface area contributed by atoms with Crippen LogP contribution in [-0.4, -0.2) is 43.2 Å². The Kier molecular flexibility index (Phi) is 7.08. The lowest BCUT2D eigenvalue weighted by Crippen LogP contribution is -2.34. The fourth-order valence-corrected chi connectivity index (χ4v) is 5.62. The predicted molar refractivity (Wildman–Crippen MR) is 117 cm³/mol. The van der Waals surface area contributed by atoms with E-state index in [9.17, 15) is 26.7 Å². The van der Waals surface area contributed by atoms with Gasteiger partial charge in [0.25, 0.3) is 0 Å². The molecule has 1 atom stereocenters. The van der Waals surface area contributed by atoms with Crippen LogP contribution < -0.4 is 9.46 Å². The fraction of sp³-hybridized carbons (Fsp3) is 0.400. The van der Waals surface area contributed by atoms with Crippen molar-refractivity contribution in [3.05, 3.63) is 56.4 Å². The van der Waals surface area contributed by atoms with Gasteiger partial charge in [0.15, 0.2) is 11.6 Å². The van der Waals surface area contributed by atoms with Gasteiger partial charge in [-0.05, 0) is 59.5 Å². The number of aliphatic hydroxyl groups excluding tert-OH is 2. The van der Waals surface area contributed by atoms with E-state index in [1.165, 1.54) is 19.2 Å². The van der Waals surface area contributed by atoms with Crippen LogP contribution in [0, 0.1) is 21.0 Å². The molecular weight excluding hydrogens is 550 g/mol. The molecule has 2 aromatic carbocycles. The summed E-state index contributed by atoms with van der Waals surface area (Å²) in [6.07, 6.45) is -1.43. The first-order valence-electron chi connectivity index (χ1n) is 9.33. The van der Waals surface area contributed by atoms with E-state index in [0.717, 1.165) is 0 Å². The van der Waals surface area contributed by atoms with Crippen LogP contribution >= 0.6 is 22.6 Å². The Bertz CT molecular complexity index is 1090. The normalized spacial score (nSPS) is 16.1. The number of hydrogen-bond acceptors (Lipinski definition) is 5. The van der Waals surface area contributed by atoms with E-state index in [-0.39, 0.29) is 36.3 Å². The molecule has 0 spiro atoms. The molecule has 31 heavy (non-hydrogen) atoms. The third-order valence-corrected chi connectivity index (χ3v) is 8.17. The van der Waals surface area contributed by atoms with E-state index in [1.54, 1.807) is 6.07 Å². The minimum atomic E-state index is -4.19. The Labute approximate surface area is 191 Å². The largest absolute Gasteiger partial charge is 0.494 e. The lowest BCUT2D eigenvalue weighted by molar-refractivity contribution is 0.0858. The number of ether oxygens (including phenoxy) is 1. The third kappa shape index (κ3) is 4.94. The first-order chi connectivity index (χ1) is 14.5. The predicted octanol–water partition coefficient (Wildman–Crippen LogP) is 3.33. The van der Waals surface area contributed by atoms with Crippen LogP contribution in [0.3, 0.4) is 0 Å².